The van der Waals surface area contributed by atoms with Crippen molar-refractivity contribution < 1.29 is 23.8 Å². The third kappa shape index (κ3) is 8.59. The van der Waals surface area contributed by atoms with Crippen LogP contribution in [0.1, 0.15) is 48.0 Å². The van der Waals surface area contributed by atoms with Gasteiger partial charge in [-0.1, -0.05) is 6.92 Å². The molecular formula is C14H26O5. The number of ether oxygens (including phenoxy) is 3. The Morgan fingerprint density at radius 2 is 1.63 bits per heavy atom. The fourth-order valence-electron chi connectivity index (χ4n) is 1.10. The van der Waals surface area contributed by atoms with Gasteiger partial charge in [0.2, 0.25) is 0 Å². The Morgan fingerprint density at radius 1 is 1.05 bits per heavy atom. The first-order chi connectivity index (χ1) is 8.66. The van der Waals surface area contributed by atoms with E-state index < -0.39 is 5.41 Å². The van der Waals surface area contributed by atoms with Gasteiger partial charge in [-0.15, -0.1) is 0 Å². The van der Waals surface area contributed by atoms with Crippen LogP contribution in [0.2, 0.25) is 0 Å². The molecule has 0 N–H and O–H groups in total. The average molecular weight is 274 g/mol. The first kappa shape index (κ1) is 17.9. The van der Waals surface area contributed by atoms with E-state index in [0.29, 0.717) is 13.0 Å². The fraction of sp³-hybridized carbons (Fsp3) is 0.857. The molecule has 19 heavy (non-hydrogen) atoms. The summed E-state index contributed by atoms with van der Waals surface area (Å²) in [6.45, 7) is 11.2. The van der Waals surface area contributed by atoms with Crippen LogP contribution in [0.5, 0.6) is 0 Å². The molecule has 0 aliphatic carbocycles. The second-order valence-corrected chi connectivity index (χ2v) is 5.65. The molecule has 112 valence electrons. The number of esters is 2. The lowest BCUT2D eigenvalue weighted by molar-refractivity contribution is -0.159. The fourth-order valence-corrected chi connectivity index (χ4v) is 1.10. The van der Waals surface area contributed by atoms with E-state index in [0.717, 1.165) is 0 Å². The average Bonchev–Trinajstić information content (AvgIpc) is 2.31. The Bertz CT molecular complexity index is 293. The highest BCUT2D eigenvalue weighted by Crippen LogP contribution is 2.15. The summed E-state index contributed by atoms with van der Waals surface area (Å²) in [5, 5.41) is 0. The van der Waals surface area contributed by atoms with E-state index in [1.165, 1.54) is 0 Å². The molecule has 0 saturated carbocycles. The zero-order valence-electron chi connectivity index (χ0n) is 12.8. The van der Waals surface area contributed by atoms with Crippen LogP contribution in [0.15, 0.2) is 0 Å². The maximum absolute atomic E-state index is 11.5. The van der Waals surface area contributed by atoms with Gasteiger partial charge in [-0.05, 0) is 34.6 Å². The number of hydrogen-bond acceptors (Lipinski definition) is 5. The van der Waals surface area contributed by atoms with Crippen LogP contribution >= 0.6 is 0 Å². The maximum Gasteiger partial charge on any atom is 0.311 e. The molecule has 2 unspecified atom stereocenters. The number of rotatable bonds is 7. The third-order valence-corrected chi connectivity index (χ3v) is 2.30. The van der Waals surface area contributed by atoms with E-state index in [1.54, 1.807) is 34.6 Å². The zero-order valence-corrected chi connectivity index (χ0v) is 12.8. The van der Waals surface area contributed by atoms with Crippen LogP contribution in [-0.4, -0.2) is 37.4 Å². The van der Waals surface area contributed by atoms with Crippen LogP contribution in [-0.2, 0) is 23.8 Å². The van der Waals surface area contributed by atoms with Crippen molar-refractivity contribution in [1.82, 2.24) is 0 Å². The number of carbonyl (C=O) groups excluding carboxylic acids is 2. The molecule has 0 aromatic heterocycles. The summed E-state index contributed by atoms with van der Waals surface area (Å²) < 4.78 is 15.6. The molecule has 0 aliphatic heterocycles. The molecule has 0 heterocycles. The van der Waals surface area contributed by atoms with Gasteiger partial charge < -0.3 is 14.2 Å². The molecule has 0 radical (unpaired) electrons. The van der Waals surface area contributed by atoms with Crippen LogP contribution in [0.4, 0.5) is 0 Å². The predicted molar refractivity (Wildman–Crippen MR) is 71.7 cm³/mol. The molecule has 5 heteroatoms. The first-order valence-corrected chi connectivity index (χ1v) is 6.65. The third-order valence-electron chi connectivity index (χ3n) is 2.30. The molecule has 0 aromatic carbocycles. The van der Waals surface area contributed by atoms with E-state index >= 15 is 0 Å². The second-order valence-electron chi connectivity index (χ2n) is 5.65. The van der Waals surface area contributed by atoms with Crippen molar-refractivity contribution in [3.63, 3.8) is 0 Å². The van der Waals surface area contributed by atoms with Gasteiger partial charge in [-0.3, -0.25) is 9.59 Å². The summed E-state index contributed by atoms with van der Waals surface area (Å²) in [4.78, 5) is 22.6. The minimum Gasteiger partial charge on any atom is -0.463 e. The van der Waals surface area contributed by atoms with Gasteiger partial charge in [0.15, 0.2) is 0 Å². The molecule has 5 nitrogen and oxygen atoms in total. The smallest absolute Gasteiger partial charge is 0.311 e. The summed E-state index contributed by atoms with van der Waals surface area (Å²) in [6, 6.07) is 0. The van der Waals surface area contributed by atoms with Crippen molar-refractivity contribution in [1.29, 1.82) is 0 Å². The predicted octanol–water partition coefficient (Wildman–Crippen LogP) is 2.32. The Balaban J connectivity index is 3.84. The van der Waals surface area contributed by atoms with Crippen molar-refractivity contribution in [3.05, 3.63) is 0 Å². The van der Waals surface area contributed by atoms with Crippen LogP contribution < -0.4 is 0 Å². The molecule has 0 bridgehead atoms. The monoisotopic (exact) mass is 274 g/mol. The molecule has 0 aliphatic rings. The zero-order chi connectivity index (χ0) is 15.1. The van der Waals surface area contributed by atoms with E-state index in [2.05, 4.69) is 0 Å². The van der Waals surface area contributed by atoms with E-state index in [4.69, 9.17) is 14.2 Å². The summed E-state index contributed by atoms with van der Waals surface area (Å²) in [6.07, 6.45) is -0.175. The minimum atomic E-state index is -0.510. The lowest BCUT2D eigenvalue weighted by atomic mass is 9.97. The lowest BCUT2D eigenvalue weighted by Crippen LogP contribution is -2.29. The summed E-state index contributed by atoms with van der Waals surface area (Å²) >= 11 is 0. The normalized spacial score (nSPS) is 14.6. The summed E-state index contributed by atoms with van der Waals surface area (Å²) in [7, 11) is 0. The van der Waals surface area contributed by atoms with Gasteiger partial charge in [0.25, 0.3) is 0 Å². The summed E-state index contributed by atoms with van der Waals surface area (Å²) in [5.41, 5.74) is -0.510. The lowest BCUT2D eigenvalue weighted by Gasteiger charge is -2.20. The summed E-state index contributed by atoms with van der Waals surface area (Å²) in [5.74, 6) is -0.503. The highest BCUT2D eigenvalue weighted by atomic mass is 16.6. The SMILES string of the molecule is CCC(=O)OC(C)COC(C)COC(=O)C(C)(C)C. The molecule has 0 amide bonds. The quantitative estimate of drug-likeness (QED) is 0.667. The largest absolute Gasteiger partial charge is 0.463 e. The van der Waals surface area contributed by atoms with Crippen molar-refractivity contribution in [2.45, 2.75) is 60.2 Å². The van der Waals surface area contributed by atoms with Crippen LogP contribution in [0.25, 0.3) is 0 Å². The molecular weight excluding hydrogens is 248 g/mol. The van der Waals surface area contributed by atoms with Gasteiger partial charge >= 0.3 is 11.9 Å². The van der Waals surface area contributed by atoms with Gasteiger partial charge in [-0.25, -0.2) is 0 Å². The standard InChI is InChI=1S/C14H26O5/c1-7-12(15)19-11(3)9-17-10(2)8-18-13(16)14(4,5)6/h10-11H,7-9H2,1-6H3. The Hall–Kier alpha value is -1.10. The van der Waals surface area contributed by atoms with Gasteiger partial charge in [0.1, 0.15) is 12.7 Å². The molecule has 2 atom stereocenters. The van der Waals surface area contributed by atoms with Gasteiger partial charge in [0, 0.05) is 6.42 Å². The maximum atomic E-state index is 11.5. The second kappa shape index (κ2) is 8.15. The van der Waals surface area contributed by atoms with Gasteiger partial charge in [0.05, 0.1) is 18.1 Å². The highest BCUT2D eigenvalue weighted by Gasteiger charge is 2.23. The van der Waals surface area contributed by atoms with E-state index in [-0.39, 0.29) is 30.8 Å². The Kier molecular flexibility index (Phi) is 7.68. The van der Waals surface area contributed by atoms with Crippen LogP contribution in [0.3, 0.4) is 0 Å². The highest BCUT2D eigenvalue weighted by molar-refractivity contribution is 5.75. The molecule has 0 spiro atoms. The Labute approximate surface area is 115 Å². The van der Waals surface area contributed by atoms with E-state index in [9.17, 15) is 9.59 Å². The Morgan fingerprint density at radius 3 is 2.11 bits per heavy atom. The van der Waals surface area contributed by atoms with Crippen molar-refractivity contribution in [2.75, 3.05) is 13.2 Å². The van der Waals surface area contributed by atoms with Crippen molar-refractivity contribution in [3.8, 4) is 0 Å². The number of carbonyl (C=O) groups is 2. The topological polar surface area (TPSA) is 61.8 Å². The molecule has 0 aromatic rings. The van der Waals surface area contributed by atoms with Crippen molar-refractivity contribution in [2.24, 2.45) is 5.41 Å². The molecule has 0 saturated heterocycles. The number of hydrogen-bond donors (Lipinski definition) is 0. The van der Waals surface area contributed by atoms with Crippen molar-refractivity contribution >= 4 is 11.9 Å². The van der Waals surface area contributed by atoms with E-state index in [1.807, 2.05) is 6.92 Å². The minimum absolute atomic E-state index is 0.199. The van der Waals surface area contributed by atoms with Gasteiger partial charge in [-0.2, -0.15) is 0 Å². The molecule has 0 fully saturated rings. The first-order valence-electron chi connectivity index (χ1n) is 6.65. The van der Waals surface area contributed by atoms with Crippen LogP contribution in [0, 0.1) is 5.41 Å². The molecule has 0 rings (SSSR count).